The number of hydrogen-bond acceptors (Lipinski definition) is 15. The summed E-state index contributed by atoms with van der Waals surface area (Å²) in [6, 6.07) is 14.3. The van der Waals surface area contributed by atoms with Gasteiger partial charge in [0.15, 0.2) is 24.0 Å². The Labute approximate surface area is 356 Å². The van der Waals surface area contributed by atoms with E-state index in [1.165, 1.54) is 19.1 Å². The Balaban J connectivity index is 1.43. The zero-order chi connectivity index (χ0) is 44.7. The molecule has 0 unspecified atom stereocenters. The predicted molar refractivity (Wildman–Crippen MR) is 221 cm³/mol. The largest absolute Gasteiger partial charge is 0.507 e. The fourth-order valence-corrected chi connectivity index (χ4v) is 8.75. The van der Waals surface area contributed by atoms with Crippen molar-refractivity contribution in [2.45, 2.75) is 101 Å². The van der Waals surface area contributed by atoms with E-state index in [9.17, 15) is 60.0 Å². The second-order valence-corrected chi connectivity index (χ2v) is 16.0. The molecule has 0 bridgehead atoms. The molecule has 0 spiro atoms. The molecule has 1 saturated carbocycles. The van der Waals surface area contributed by atoms with Gasteiger partial charge in [-0.05, 0) is 72.2 Å². The van der Waals surface area contributed by atoms with Crippen LogP contribution in [0.15, 0.2) is 54.6 Å². The third-order valence-corrected chi connectivity index (χ3v) is 11.9. The van der Waals surface area contributed by atoms with Crippen LogP contribution in [-0.4, -0.2) is 102 Å². The number of phenols is 1. The van der Waals surface area contributed by atoms with Crippen LogP contribution >= 0.6 is 0 Å². The van der Waals surface area contributed by atoms with Crippen LogP contribution in [0, 0.1) is 0 Å². The van der Waals surface area contributed by atoms with E-state index in [1.54, 1.807) is 42.5 Å². The minimum Gasteiger partial charge on any atom is -0.507 e. The molecule has 2 aliphatic carbocycles. The summed E-state index contributed by atoms with van der Waals surface area (Å²) < 4.78 is 17.2. The lowest BCUT2D eigenvalue weighted by Gasteiger charge is -2.44. The maximum absolute atomic E-state index is 14.9. The fraction of sp³-hybridized carbons (Fsp3) is 0.362. The van der Waals surface area contributed by atoms with Crippen molar-refractivity contribution < 1.29 is 74.2 Å². The summed E-state index contributed by atoms with van der Waals surface area (Å²) in [6.07, 6.45) is -0.798. The second-order valence-electron chi connectivity index (χ2n) is 16.0. The molecule has 7 rings (SSSR count). The average molecular weight is 853 g/mol. The number of rotatable bonds is 12. The Morgan fingerprint density at radius 3 is 2.26 bits per heavy atom. The standard InChI is InChI=1S/C47H48O15/c1-24-43(55)47(58,59)44(56)45(60-24)62-36-21-32-39(40(52)31(36)19-28-10-7-11-34(33(28)23-50)46(57)15-4-3-5-16-46)42(54)37-29(22-49)20-35(61-25(2)51)30(38(37)41(32)53)13-12-26-8-6-9-27(18-26)14-17-48/h6-13,18,20-21,23-24,43-45,48-49,52,55-59H,3-5,14-17,19,22H2,1-2H3/b13-12-/t24-,43+,44-,45+/m0/s1. The van der Waals surface area contributed by atoms with Crippen molar-refractivity contribution in [2.75, 3.05) is 6.61 Å². The lowest BCUT2D eigenvalue weighted by molar-refractivity contribution is -0.371. The molecule has 4 atom stereocenters. The van der Waals surface area contributed by atoms with Crippen LogP contribution in [0.3, 0.4) is 0 Å². The highest BCUT2D eigenvalue weighted by atomic mass is 16.7. The molecular weight excluding hydrogens is 805 g/mol. The first-order valence-corrected chi connectivity index (χ1v) is 20.3. The van der Waals surface area contributed by atoms with Crippen molar-refractivity contribution in [3.63, 3.8) is 0 Å². The van der Waals surface area contributed by atoms with Gasteiger partial charge in [-0.15, -0.1) is 0 Å². The number of fused-ring (bicyclic) bond motifs is 2. The molecular formula is C47H48O15. The molecule has 4 aromatic rings. The molecule has 4 aromatic carbocycles. The van der Waals surface area contributed by atoms with E-state index in [1.807, 2.05) is 6.07 Å². The van der Waals surface area contributed by atoms with Crippen LogP contribution in [-0.2, 0) is 34.6 Å². The molecule has 326 valence electrons. The Morgan fingerprint density at radius 2 is 1.58 bits per heavy atom. The van der Waals surface area contributed by atoms with E-state index in [0.29, 0.717) is 36.7 Å². The normalized spacial score (nSPS) is 21.6. The zero-order valence-electron chi connectivity index (χ0n) is 34.0. The summed E-state index contributed by atoms with van der Waals surface area (Å²) in [5, 5.41) is 86.7. The minimum absolute atomic E-state index is 0.0257. The van der Waals surface area contributed by atoms with Crippen LogP contribution < -0.4 is 9.47 Å². The lowest BCUT2D eigenvalue weighted by atomic mass is 9.76. The number of hydrogen-bond donors (Lipinski definition) is 8. The molecule has 1 aliphatic heterocycles. The van der Waals surface area contributed by atoms with Crippen LogP contribution in [0.25, 0.3) is 12.2 Å². The zero-order valence-corrected chi connectivity index (χ0v) is 34.0. The van der Waals surface area contributed by atoms with E-state index in [0.717, 1.165) is 37.8 Å². The topological polar surface area (TPSA) is 258 Å². The van der Waals surface area contributed by atoms with Crippen molar-refractivity contribution in [1.29, 1.82) is 0 Å². The molecule has 15 nitrogen and oxygen atoms in total. The number of aromatic hydroxyl groups is 1. The molecule has 1 heterocycles. The quantitative estimate of drug-likeness (QED) is 0.0294. The number of carbonyl (C=O) groups is 4. The maximum Gasteiger partial charge on any atom is 0.308 e. The van der Waals surface area contributed by atoms with Crippen molar-refractivity contribution >= 4 is 36.0 Å². The summed E-state index contributed by atoms with van der Waals surface area (Å²) in [5.41, 5.74) is -0.996. The number of ketones is 2. The van der Waals surface area contributed by atoms with Crippen LogP contribution in [0.1, 0.15) is 127 Å². The number of esters is 1. The molecule has 3 aliphatic rings. The van der Waals surface area contributed by atoms with E-state index in [-0.39, 0.29) is 57.7 Å². The van der Waals surface area contributed by atoms with E-state index in [4.69, 9.17) is 14.2 Å². The van der Waals surface area contributed by atoms with Gasteiger partial charge in [0.2, 0.25) is 12.1 Å². The summed E-state index contributed by atoms with van der Waals surface area (Å²) in [4.78, 5) is 55.0. The van der Waals surface area contributed by atoms with Crippen molar-refractivity contribution in [3.05, 3.63) is 121 Å². The number of ether oxygens (including phenoxy) is 3. The Bertz CT molecular complexity index is 2460. The van der Waals surface area contributed by atoms with E-state index >= 15 is 0 Å². The number of aliphatic hydroxyl groups is 7. The van der Waals surface area contributed by atoms with Gasteiger partial charge in [0, 0.05) is 53.3 Å². The van der Waals surface area contributed by atoms with Crippen molar-refractivity contribution in [2.24, 2.45) is 0 Å². The van der Waals surface area contributed by atoms with Gasteiger partial charge in [-0.1, -0.05) is 67.8 Å². The number of phenolic OH excluding ortho intramolecular Hbond substituents is 1. The first-order chi connectivity index (χ1) is 29.5. The average Bonchev–Trinajstić information content (AvgIpc) is 3.24. The highest BCUT2D eigenvalue weighted by molar-refractivity contribution is 6.31. The summed E-state index contributed by atoms with van der Waals surface area (Å²) >= 11 is 0. The summed E-state index contributed by atoms with van der Waals surface area (Å²) in [6.45, 7) is 1.52. The van der Waals surface area contributed by atoms with Crippen LogP contribution in [0.2, 0.25) is 0 Å². The molecule has 0 aromatic heterocycles. The SMILES string of the molecule is CC(=O)Oc1cc(CO)c2c(c1/C=C\c1cccc(CCO)c1)C(=O)c1cc(O[C@H]3O[C@@H](C)[C@@H](O)C(O)(O)[C@H]3O)c(Cc3cccc(C4(O)CCCCC4)c3C=O)c(O)c1C2=O. The van der Waals surface area contributed by atoms with Gasteiger partial charge >= 0.3 is 5.97 Å². The third-order valence-electron chi connectivity index (χ3n) is 11.9. The maximum atomic E-state index is 14.9. The fourth-order valence-electron chi connectivity index (χ4n) is 8.75. The Hall–Kier alpha value is -5.62. The van der Waals surface area contributed by atoms with Crippen molar-refractivity contribution in [1.82, 2.24) is 0 Å². The lowest BCUT2D eigenvalue weighted by Crippen LogP contribution is -2.67. The summed E-state index contributed by atoms with van der Waals surface area (Å²) in [5.74, 6) is -7.07. The molecule has 15 heteroatoms. The number of aldehydes is 1. The highest BCUT2D eigenvalue weighted by Crippen LogP contribution is 2.46. The predicted octanol–water partition coefficient (Wildman–Crippen LogP) is 3.37. The van der Waals surface area contributed by atoms with Crippen molar-refractivity contribution in [3.8, 4) is 17.2 Å². The van der Waals surface area contributed by atoms with Gasteiger partial charge < -0.3 is 55.1 Å². The van der Waals surface area contributed by atoms with Gasteiger partial charge in [-0.25, -0.2) is 0 Å². The molecule has 62 heavy (non-hydrogen) atoms. The number of carbonyl (C=O) groups excluding carboxylic acids is 4. The molecule has 0 amide bonds. The highest BCUT2D eigenvalue weighted by Gasteiger charge is 2.54. The van der Waals surface area contributed by atoms with Gasteiger partial charge in [0.25, 0.3) is 0 Å². The Morgan fingerprint density at radius 1 is 0.855 bits per heavy atom. The van der Waals surface area contributed by atoms with Gasteiger partial charge in [0.1, 0.15) is 23.4 Å². The molecule has 0 radical (unpaired) electrons. The van der Waals surface area contributed by atoms with E-state index in [2.05, 4.69) is 0 Å². The van der Waals surface area contributed by atoms with Gasteiger partial charge in [0.05, 0.1) is 23.9 Å². The molecule has 1 saturated heterocycles. The summed E-state index contributed by atoms with van der Waals surface area (Å²) in [7, 11) is 0. The van der Waals surface area contributed by atoms with Gasteiger partial charge in [-0.2, -0.15) is 0 Å². The molecule has 2 fully saturated rings. The Kier molecular flexibility index (Phi) is 12.6. The van der Waals surface area contributed by atoms with Gasteiger partial charge in [-0.3, -0.25) is 19.2 Å². The van der Waals surface area contributed by atoms with E-state index < -0.39 is 82.8 Å². The monoisotopic (exact) mass is 852 g/mol. The third kappa shape index (κ3) is 8.09. The first-order valence-electron chi connectivity index (χ1n) is 20.3. The smallest absolute Gasteiger partial charge is 0.308 e. The number of aliphatic hydroxyl groups excluding tert-OH is 4. The number of benzene rings is 4. The van der Waals surface area contributed by atoms with Crippen LogP contribution in [0.5, 0.6) is 17.2 Å². The van der Waals surface area contributed by atoms with Crippen LogP contribution in [0.4, 0.5) is 0 Å². The molecule has 8 N–H and O–H groups in total. The minimum atomic E-state index is -3.15. The first kappa shape index (κ1) is 44.4. The second kappa shape index (κ2) is 17.6.